The molecule has 3 N–H and O–H groups in total. The van der Waals surface area contributed by atoms with Crippen molar-refractivity contribution in [3.8, 4) is 0 Å². The van der Waals surface area contributed by atoms with Crippen molar-refractivity contribution in [3.63, 3.8) is 0 Å². The van der Waals surface area contributed by atoms with Gasteiger partial charge in [0.2, 0.25) is 5.91 Å². The Morgan fingerprint density at radius 2 is 2.16 bits per heavy atom. The van der Waals surface area contributed by atoms with E-state index in [2.05, 4.69) is 35.0 Å². The van der Waals surface area contributed by atoms with Gasteiger partial charge in [-0.05, 0) is 32.4 Å². The third-order valence-corrected chi connectivity index (χ3v) is 5.07. The van der Waals surface area contributed by atoms with Crippen LogP contribution in [-0.2, 0) is 20.9 Å². The molecule has 7 nitrogen and oxygen atoms in total. The number of hydrogen-bond acceptors (Lipinski definition) is 6. The Balaban J connectivity index is 1.51. The van der Waals surface area contributed by atoms with Crippen molar-refractivity contribution in [2.24, 2.45) is 5.92 Å². The highest BCUT2D eigenvalue weighted by Crippen LogP contribution is 2.19. The number of rotatable bonds is 6. The number of hydrazine groups is 1. The predicted molar refractivity (Wildman–Crippen MR) is 93.5 cm³/mol. The molecule has 138 valence electrons. The fraction of sp³-hybridized carbons (Fsp3) is 0.667. The minimum atomic E-state index is -0.144. The monoisotopic (exact) mass is 348 g/mol. The van der Waals surface area contributed by atoms with Crippen LogP contribution >= 0.6 is 0 Å². The first-order valence-corrected chi connectivity index (χ1v) is 9.03. The molecule has 2 saturated heterocycles. The smallest absolute Gasteiger partial charge is 0.220 e. The summed E-state index contributed by atoms with van der Waals surface area (Å²) in [4.78, 5) is 16.8. The Labute approximate surface area is 148 Å². The summed E-state index contributed by atoms with van der Waals surface area (Å²) in [6.07, 6.45) is 2.88. The lowest BCUT2D eigenvalue weighted by Crippen LogP contribution is -2.50. The van der Waals surface area contributed by atoms with Crippen LogP contribution in [-0.4, -0.2) is 48.3 Å². The molecule has 0 spiro atoms. The highest BCUT2D eigenvalue weighted by Gasteiger charge is 2.33. The van der Waals surface area contributed by atoms with Crippen molar-refractivity contribution in [1.29, 1.82) is 0 Å². The van der Waals surface area contributed by atoms with Crippen molar-refractivity contribution >= 4 is 5.91 Å². The molecule has 0 radical (unpaired) electrons. The minimum Gasteiger partial charge on any atom is -0.379 e. The normalized spacial score (nSPS) is 32.5. The van der Waals surface area contributed by atoms with E-state index in [0.29, 0.717) is 26.2 Å². The highest BCUT2D eigenvalue weighted by molar-refractivity contribution is 5.76. The SMILES string of the molecule is CC1NNC(C)C1CC(=O)N[C@@H]1CCOC[C@H]1OCc1ccccn1. The van der Waals surface area contributed by atoms with E-state index in [0.717, 1.165) is 12.1 Å². The summed E-state index contributed by atoms with van der Waals surface area (Å²) in [6.45, 7) is 5.76. The molecule has 3 rings (SSSR count). The number of carbonyl (C=O) groups is 1. The van der Waals surface area contributed by atoms with E-state index in [4.69, 9.17) is 9.47 Å². The zero-order valence-electron chi connectivity index (χ0n) is 14.9. The van der Waals surface area contributed by atoms with Crippen LogP contribution in [0.25, 0.3) is 0 Å². The highest BCUT2D eigenvalue weighted by atomic mass is 16.5. The zero-order valence-corrected chi connectivity index (χ0v) is 14.9. The predicted octanol–water partition coefficient (Wildman–Crippen LogP) is 0.763. The Bertz CT molecular complexity index is 547. The molecule has 0 aromatic carbocycles. The molecule has 0 saturated carbocycles. The first-order chi connectivity index (χ1) is 12.1. The summed E-state index contributed by atoms with van der Waals surface area (Å²) in [5.74, 6) is 0.361. The molecule has 7 heteroatoms. The number of pyridine rings is 1. The van der Waals surface area contributed by atoms with Crippen molar-refractivity contribution in [3.05, 3.63) is 30.1 Å². The minimum absolute atomic E-state index is 0.0158. The summed E-state index contributed by atoms with van der Waals surface area (Å²) in [7, 11) is 0. The average Bonchev–Trinajstić information content (AvgIpc) is 2.94. The van der Waals surface area contributed by atoms with E-state index in [-0.39, 0.29) is 36.1 Å². The maximum Gasteiger partial charge on any atom is 0.220 e. The van der Waals surface area contributed by atoms with Crippen LogP contribution in [0.4, 0.5) is 0 Å². The Kier molecular flexibility index (Phi) is 6.36. The summed E-state index contributed by atoms with van der Waals surface area (Å²) >= 11 is 0. The van der Waals surface area contributed by atoms with Gasteiger partial charge in [0, 0.05) is 37.2 Å². The van der Waals surface area contributed by atoms with Crippen LogP contribution in [0.3, 0.4) is 0 Å². The molecule has 25 heavy (non-hydrogen) atoms. The lowest BCUT2D eigenvalue weighted by atomic mass is 9.92. The van der Waals surface area contributed by atoms with E-state index < -0.39 is 0 Å². The molecule has 2 unspecified atom stereocenters. The molecule has 1 amide bonds. The van der Waals surface area contributed by atoms with E-state index in [1.165, 1.54) is 0 Å². The molecule has 1 aromatic heterocycles. The van der Waals surface area contributed by atoms with Crippen molar-refractivity contribution in [1.82, 2.24) is 21.2 Å². The van der Waals surface area contributed by atoms with Gasteiger partial charge in [-0.1, -0.05) is 6.07 Å². The number of ether oxygens (including phenoxy) is 2. The van der Waals surface area contributed by atoms with E-state index in [9.17, 15) is 4.79 Å². The van der Waals surface area contributed by atoms with Gasteiger partial charge in [-0.2, -0.15) is 0 Å². The van der Waals surface area contributed by atoms with Crippen molar-refractivity contribution < 1.29 is 14.3 Å². The van der Waals surface area contributed by atoms with Gasteiger partial charge in [0.05, 0.1) is 24.9 Å². The van der Waals surface area contributed by atoms with E-state index in [1.54, 1.807) is 6.20 Å². The molecule has 1 aromatic rings. The maximum absolute atomic E-state index is 12.5. The number of amides is 1. The quantitative estimate of drug-likeness (QED) is 0.704. The summed E-state index contributed by atoms with van der Waals surface area (Å²) in [5, 5.41) is 3.15. The maximum atomic E-state index is 12.5. The molecule has 4 atom stereocenters. The average molecular weight is 348 g/mol. The standard InChI is InChI=1S/C18H28N4O3/c1-12-15(13(2)22-21-12)9-18(23)20-16-6-8-24-11-17(16)25-10-14-5-3-4-7-19-14/h3-5,7,12-13,15-17,21-22H,6,8-11H2,1-2H3,(H,20,23)/t12?,13?,15?,16-,17-/m1/s1. The molecule has 2 aliphatic heterocycles. The Morgan fingerprint density at radius 1 is 1.36 bits per heavy atom. The summed E-state index contributed by atoms with van der Waals surface area (Å²) in [5.41, 5.74) is 7.27. The molecule has 2 aliphatic rings. The number of aromatic nitrogens is 1. The summed E-state index contributed by atoms with van der Waals surface area (Å²) < 4.78 is 11.5. The molecule has 0 bridgehead atoms. The van der Waals surface area contributed by atoms with Crippen LogP contribution in [0, 0.1) is 5.92 Å². The van der Waals surface area contributed by atoms with Gasteiger partial charge in [0.1, 0.15) is 6.10 Å². The largest absolute Gasteiger partial charge is 0.379 e. The number of nitrogens with one attached hydrogen (secondary N) is 3. The molecular weight excluding hydrogens is 320 g/mol. The fourth-order valence-corrected chi connectivity index (χ4v) is 3.46. The first-order valence-electron chi connectivity index (χ1n) is 9.03. The second kappa shape index (κ2) is 8.71. The second-order valence-electron chi connectivity index (χ2n) is 6.94. The molecule has 3 heterocycles. The third kappa shape index (κ3) is 4.98. The fourth-order valence-electron chi connectivity index (χ4n) is 3.46. The number of carbonyl (C=O) groups excluding carboxylic acids is 1. The van der Waals surface area contributed by atoms with Crippen LogP contribution in [0.15, 0.2) is 24.4 Å². The van der Waals surface area contributed by atoms with Crippen LogP contribution in [0.5, 0.6) is 0 Å². The molecule has 0 aliphatic carbocycles. The van der Waals surface area contributed by atoms with E-state index in [1.807, 2.05) is 18.2 Å². The van der Waals surface area contributed by atoms with Gasteiger partial charge in [0.25, 0.3) is 0 Å². The van der Waals surface area contributed by atoms with Gasteiger partial charge < -0.3 is 14.8 Å². The van der Waals surface area contributed by atoms with Gasteiger partial charge in [-0.3, -0.25) is 20.6 Å². The first kappa shape index (κ1) is 18.3. The van der Waals surface area contributed by atoms with Crippen LogP contribution < -0.4 is 16.2 Å². The molecule has 2 fully saturated rings. The second-order valence-corrected chi connectivity index (χ2v) is 6.94. The summed E-state index contributed by atoms with van der Waals surface area (Å²) in [6, 6.07) is 6.30. The lowest BCUT2D eigenvalue weighted by molar-refractivity contribution is -0.127. The van der Waals surface area contributed by atoms with Crippen LogP contribution in [0.1, 0.15) is 32.4 Å². The van der Waals surface area contributed by atoms with E-state index >= 15 is 0 Å². The van der Waals surface area contributed by atoms with Crippen molar-refractivity contribution in [2.45, 2.75) is 57.5 Å². The molecular formula is C18H28N4O3. The van der Waals surface area contributed by atoms with Crippen molar-refractivity contribution in [2.75, 3.05) is 13.2 Å². The van der Waals surface area contributed by atoms with Gasteiger partial charge in [-0.15, -0.1) is 0 Å². The topological polar surface area (TPSA) is 84.5 Å². The third-order valence-electron chi connectivity index (χ3n) is 5.07. The van der Waals surface area contributed by atoms with Gasteiger partial charge in [0.15, 0.2) is 0 Å². The lowest BCUT2D eigenvalue weighted by Gasteiger charge is -2.32. The zero-order chi connectivity index (χ0) is 17.6. The van der Waals surface area contributed by atoms with Gasteiger partial charge in [-0.25, -0.2) is 0 Å². The Morgan fingerprint density at radius 3 is 2.88 bits per heavy atom. The van der Waals surface area contributed by atoms with Crippen LogP contribution in [0.2, 0.25) is 0 Å². The number of nitrogens with zero attached hydrogens (tertiary/aromatic N) is 1. The number of hydrogen-bond donors (Lipinski definition) is 3. The van der Waals surface area contributed by atoms with Gasteiger partial charge >= 0.3 is 0 Å². The Hall–Kier alpha value is -1.54.